The fraction of sp³-hybridized carbons (Fsp3) is 0.857. The van der Waals surface area contributed by atoms with E-state index < -0.39 is 0 Å². The van der Waals surface area contributed by atoms with Crippen LogP contribution in [0.1, 0.15) is 59.3 Å². The van der Waals surface area contributed by atoms with Gasteiger partial charge in [-0.05, 0) is 37.0 Å². The predicted molar refractivity (Wildman–Crippen MR) is 66.2 cm³/mol. The van der Waals surface area contributed by atoms with Crippen molar-refractivity contribution in [2.75, 3.05) is 0 Å². The Morgan fingerprint density at radius 2 is 1.88 bits per heavy atom. The molecular weight excluding hydrogens is 214 g/mol. The molecule has 3 nitrogen and oxygen atoms in total. The van der Waals surface area contributed by atoms with Gasteiger partial charge in [-0.3, -0.25) is 14.9 Å². The van der Waals surface area contributed by atoms with Gasteiger partial charge in [0.25, 0.3) is 0 Å². The van der Waals surface area contributed by atoms with Crippen molar-refractivity contribution >= 4 is 11.8 Å². The largest absolute Gasteiger partial charge is 0.296 e. The van der Waals surface area contributed by atoms with Crippen LogP contribution in [0.3, 0.4) is 0 Å². The van der Waals surface area contributed by atoms with Gasteiger partial charge < -0.3 is 0 Å². The highest BCUT2D eigenvalue weighted by molar-refractivity contribution is 6.05. The first kappa shape index (κ1) is 12.6. The summed E-state index contributed by atoms with van der Waals surface area (Å²) in [6.45, 7) is 6.86. The van der Waals surface area contributed by atoms with Gasteiger partial charge in [-0.2, -0.15) is 0 Å². The number of rotatable bonds is 2. The summed E-state index contributed by atoms with van der Waals surface area (Å²) < 4.78 is 0. The van der Waals surface area contributed by atoms with Gasteiger partial charge >= 0.3 is 0 Å². The van der Waals surface area contributed by atoms with Crippen molar-refractivity contribution < 1.29 is 9.59 Å². The Labute approximate surface area is 103 Å². The molecule has 1 saturated carbocycles. The summed E-state index contributed by atoms with van der Waals surface area (Å²) in [5, 5.41) is 2.47. The molecule has 96 valence electrons. The lowest BCUT2D eigenvalue weighted by Crippen LogP contribution is -2.38. The van der Waals surface area contributed by atoms with Crippen LogP contribution in [-0.2, 0) is 9.59 Å². The zero-order valence-electron chi connectivity index (χ0n) is 11.1. The normalized spacial score (nSPS) is 34.2. The summed E-state index contributed by atoms with van der Waals surface area (Å²) in [6.07, 6.45) is 5.54. The molecule has 0 unspecified atom stereocenters. The Kier molecular flexibility index (Phi) is 3.04. The third kappa shape index (κ3) is 2.12. The van der Waals surface area contributed by atoms with Crippen LogP contribution in [0.15, 0.2) is 0 Å². The summed E-state index contributed by atoms with van der Waals surface area (Å²) in [5.74, 6) is 0.597. The van der Waals surface area contributed by atoms with Gasteiger partial charge in [-0.15, -0.1) is 0 Å². The monoisotopic (exact) mass is 237 g/mol. The molecule has 1 N–H and O–H groups in total. The topological polar surface area (TPSA) is 46.2 Å². The molecule has 2 rings (SSSR count). The predicted octanol–water partition coefficient (Wildman–Crippen LogP) is 2.65. The van der Waals surface area contributed by atoms with Gasteiger partial charge in [0.1, 0.15) is 0 Å². The second-order valence-electron chi connectivity index (χ2n) is 6.45. The van der Waals surface area contributed by atoms with E-state index in [9.17, 15) is 9.59 Å². The molecule has 2 amide bonds. The van der Waals surface area contributed by atoms with E-state index in [2.05, 4.69) is 26.1 Å². The molecule has 2 fully saturated rings. The number of carbonyl (C=O) groups excluding carboxylic acids is 2. The Hall–Kier alpha value is -0.860. The minimum absolute atomic E-state index is 0.0183. The molecule has 1 saturated heterocycles. The van der Waals surface area contributed by atoms with Gasteiger partial charge in [0.15, 0.2) is 0 Å². The number of imide groups is 1. The smallest absolute Gasteiger partial charge is 0.233 e. The van der Waals surface area contributed by atoms with E-state index in [0.717, 1.165) is 25.7 Å². The van der Waals surface area contributed by atoms with Crippen molar-refractivity contribution in [2.24, 2.45) is 16.7 Å². The van der Waals surface area contributed by atoms with E-state index in [1.165, 1.54) is 6.42 Å². The highest BCUT2D eigenvalue weighted by Crippen LogP contribution is 2.49. The van der Waals surface area contributed by atoms with E-state index in [1.807, 2.05) is 0 Å². The Morgan fingerprint density at radius 3 is 2.29 bits per heavy atom. The molecule has 1 spiro atoms. The van der Waals surface area contributed by atoms with E-state index in [4.69, 9.17) is 0 Å². The second kappa shape index (κ2) is 4.11. The van der Waals surface area contributed by atoms with Crippen molar-refractivity contribution in [2.45, 2.75) is 59.3 Å². The van der Waals surface area contributed by atoms with E-state index in [1.54, 1.807) is 0 Å². The maximum atomic E-state index is 11.9. The van der Waals surface area contributed by atoms with Gasteiger partial charge in [0.2, 0.25) is 11.8 Å². The molecule has 0 aromatic heterocycles. The molecule has 0 radical (unpaired) electrons. The first-order chi connectivity index (χ1) is 7.89. The quantitative estimate of drug-likeness (QED) is 0.750. The number of amides is 2. The first-order valence-electron chi connectivity index (χ1n) is 6.74. The average molecular weight is 237 g/mol. The third-order valence-electron chi connectivity index (χ3n) is 5.19. The van der Waals surface area contributed by atoms with E-state index in [0.29, 0.717) is 17.8 Å². The Balaban J connectivity index is 2.03. The molecule has 0 aromatic carbocycles. The lowest BCUT2D eigenvalue weighted by Gasteiger charge is -2.41. The number of hydrogen-bond acceptors (Lipinski definition) is 2. The summed E-state index contributed by atoms with van der Waals surface area (Å²) in [5.41, 5.74) is 0.0120. The lowest BCUT2D eigenvalue weighted by molar-refractivity contribution is -0.130. The van der Waals surface area contributed by atoms with Crippen molar-refractivity contribution in [3.63, 3.8) is 0 Å². The molecule has 0 atom stereocenters. The number of carbonyl (C=O) groups is 2. The Morgan fingerprint density at radius 1 is 1.29 bits per heavy atom. The van der Waals surface area contributed by atoms with Gasteiger partial charge in [0, 0.05) is 6.42 Å². The molecule has 2 aliphatic rings. The van der Waals surface area contributed by atoms with Crippen LogP contribution in [0.4, 0.5) is 0 Å². The molecule has 17 heavy (non-hydrogen) atoms. The van der Waals surface area contributed by atoms with Gasteiger partial charge in [-0.1, -0.05) is 27.2 Å². The van der Waals surface area contributed by atoms with Crippen LogP contribution < -0.4 is 5.32 Å². The lowest BCUT2D eigenvalue weighted by atomic mass is 9.62. The minimum atomic E-state index is -0.350. The first-order valence-corrected chi connectivity index (χ1v) is 6.74. The second-order valence-corrected chi connectivity index (χ2v) is 6.45. The zero-order valence-corrected chi connectivity index (χ0v) is 11.1. The van der Waals surface area contributed by atoms with Crippen molar-refractivity contribution in [1.82, 2.24) is 5.32 Å². The Bertz CT molecular complexity index is 338. The van der Waals surface area contributed by atoms with Crippen molar-refractivity contribution in [1.29, 1.82) is 0 Å². The highest BCUT2D eigenvalue weighted by atomic mass is 16.2. The third-order valence-corrected chi connectivity index (χ3v) is 5.19. The van der Waals surface area contributed by atoms with Gasteiger partial charge in [-0.25, -0.2) is 0 Å². The maximum absolute atomic E-state index is 11.9. The molecule has 1 aliphatic heterocycles. The standard InChI is InChI=1S/C14H23NO2/c1-4-13(2,3)10-5-7-14(8-6-10)9-11(16)15-12(14)17/h10H,4-9H2,1-3H3,(H,15,16,17). The minimum Gasteiger partial charge on any atom is -0.296 e. The molecule has 1 heterocycles. The van der Waals surface area contributed by atoms with Crippen LogP contribution in [0.25, 0.3) is 0 Å². The van der Waals surface area contributed by atoms with Crippen LogP contribution in [0, 0.1) is 16.7 Å². The fourth-order valence-corrected chi connectivity index (χ4v) is 3.34. The molecule has 0 bridgehead atoms. The summed E-state index contributed by atoms with van der Waals surface area (Å²) >= 11 is 0. The van der Waals surface area contributed by atoms with Crippen LogP contribution >= 0.6 is 0 Å². The summed E-state index contributed by atoms with van der Waals surface area (Å²) in [7, 11) is 0. The average Bonchev–Trinajstić information content (AvgIpc) is 2.54. The molecule has 1 aliphatic carbocycles. The number of hydrogen-bond donors (Lipinski definition) is 1. The highest BCUT2D eigenvalue weighted by Gasteiger charge is 2.49. The van der Waals surface area contributed by atoms with Crippen LogP contribution in [-0.4, -0.2) is 11.8 Å². The fourth-order valence-electron chi connectivity index (χ4n) is 3.34. The van der Waals surface area contributed by atoms with E-state index in [-0.39, 0.29) is 17.2 Å². The summed E-state index contributed by atoms with van der Waals surface area (Å²) in [4.78, 5) is 23.2. The van der Waals surface area contributed by atoms with E-state index >= 15 is 0 Å². The van der Waals surface area contributed by atoms with Gasteiger partial charge in [0.05, 0.1) is 5.41 Å². The van der Waals surface area contributed by atoms with Crippen molar-refractivity contribution in [3.8, 4) is 0 Å². The molecule has 0 aromatic rings. The maximum Gasteiger partial charge on any atom is 0.233 e. The zero-order chi connectivity index (χ0) is 12.7. The number of nitrogens with one attached hydrogen (secondary N) is 1. The van der Waals surface area contributed by atoms with Crippen molar-refractivity contribution in [3.05, 3.63) is 0 Å². The molecular formula is C14H23NO2. The molecule has 3 heteroatoms. The van der Waals surface area contributed by atoms with Crippen LogP contribution in [0.2, 0.25) is 0 Å². The summed E-state index contributed by atoms with van der Waals surface area (Å²) in [6, 6.07) is 0. The SMILES string of the molecule is CCC(C)(C)C1CCC2(CC1)CC(=O)NC2=O. The van der Waals surface area contributed by atoms with Crippen LogP contribution in [0.5, 0.6) is 0 Å².